The van der Waals surface area contributed by atoms with E-state index < -0.39 is 0 Å². The van der Waals surface area contributed by atoms with Crippen molar-refractivity contribution >= 4 is 5.91 Å². The Morgan fingerprint density at radius 3 is 2.88 bits per heavy atom. The van der Waals surface area contributed by atoms with E-state index in [2.05, 4.69) is 15.5 Å². The van der Waals surface area contributed by atoms with Gasteiger partial charge < -0.3 is 14.9 Å². The van der Waals surface area contributed by atoms with Gasteiger partial charge in [0.2, 0.25) is 0 Å². The minimum atomic E-state index is -0.372. The number of pyridine rings is 1. The first-order valence-electron chi connectivity index (χ1n) is 5.07. The van der Waals surface area contributed by atoms with Crippen molar-refractivity contribution in [3.63, 3.8) is 0 Å². The number of aliphatic hydroxyl groups excluding tert-OH is 1. The first-order valence-corrected chi connectivity index (χ1v) is 5.07. The summed E-state index contributed by atoms with van der Waals surface area (Å²) >= 11 is 0. The SMILES string of the molecule is O=C(NCCO)c1cc(-c2ccncc2)on1. The summed E-state index contributed by atoms with van der Waals surface area (Å²) in [6, 6.07) is 5.06. The molecule has 0 fully saturated rings. The van der Waals surface area contributed by atoms with Gasteiger partial charge in [0.05, 0.1) is 6.61 Å². The minimum Gasteiger partial charge on any atom is -0.395 e. The molecule has 2 aromatic rings. The maximum Gasteiger partial charge on any atom is 0.273 e. The van der Waals surface area contributed by atoms with Crippen molar-refractivity contribution in [3.05, 3.63) is 36.3 Å². The molecule has 0 aromatic carbocycles. The van der Waals surface area contributed by atoms with E-state index in [1.54, 1.807) is 30.6 Å². The van der Waals surface area contributed by atoms with Gasteiger partial charge in [-0.05, 0) is 12.1 Å². The third-order valence-corrected chi connectivity index (χ3v) is 2.10. The first kappa shape index (κ1) is 11.3. The molecule has 17 heavy (non-hydrogen) atoms. The Bertz CT molecular complexity index is 496. The van der Waals surface area contributed by atoms with Crippen molar-refractivity contribution < 1.29 is 14.4 Å². The largest absolute Gasteiger partial charge is 0.395 e. The van der Waals surface area contributed by atoms with E-state index in [4.69, 9.17) is 9.63 Å². The summed E-state index contributed by atoms with van der Waals surface area (Å²) in [4.78, 5) is 15.4. The number of nitrogens with zero attached hydrogens (tertiary/aromatic N) is 2. The van der Waals surface area contributed by atoms with Crippen LogP contribution in [0, 0.1) is 0 Å². The second kappa shape index (κ2) is 5.22. The van der Waals surface area contributed by atoms with Crippen LogP contribution in [0.15, 0.2) is 35.1 Å². The number of aliphatic hydroxyl groups is 1. The number of hydrogen-bond donors (Lipinski definition) is 2. The van der Waals surface area contributed by atoms with Crippen molar-refractivity contribution in [1.82, 2.24) is 15.5 Å². The lowest BCUT2D eigenvalue weighted by Crippen LogP contribution is -2.26. The van der Waals surface area contributed by atoms with Crippen LogP contribution in [0.5, 0.6) is 0 Å². The third-order valence-electron chi connectivity index (χ3n) is 2.10. The van der Waals surface area contributed by atoms with Gasteiger partial charge in [0.1, 0.15) is 0 Å². The number of nitrogens with one attached hydrogen (secondary N) is 1. The van der Waals surface area contributed by atoms with Crippen LogP contribution in [-0.4, -0.2) is 34.3 Å². The molecule has 0 saturated carbocycles. The molecule has 6 heteroatoms. The molecule has 2 rings (SSSR count). The van der Waals surface area contributed by atoms with E-state index in [1.807, 2.05) is 0 Å². The molecule has 88 valence electrons. The van der Waals surface area contributed by atoms with E-state index in [0.717, 1.165) is 5.56 Å². The summed E-state index contributed by atoms with van der Waals surface area (Å²) < 4.78 is 5.05. The molecule has 0 saturated heterocycles. The molecule has 2 aromatic heterocycles. The van der Waals surface area contributed by atoms with Gasteiger partial charge in [0.15, 0.2) is 11.5 Å². The average molecular weight is 233 g/mol. The van der Waals surface area contributed by atoms with Crippen LogP contribution in [0.4, 0.5) is 0 Å². The van der Waals surface area contributed by atoms with Gasteiger partial charge in [0, 0.05) is 30.6 Å². The second-order valence-corrected chi connectivity index (χ2v) is 3.29. The smallest absolute Gasteiger partial charge is 0.273 e. The van der Waals surface area contributed by atoms with Gasteiger partial charge in [-0.25, -0.2) is 0 Å². The molecule has 2 heterocycles. The highest BCUT2D eigenvalue weighted by atomic mass is 16.5. The van der Waals surface area contributed by atoms with Crippen molar-refractivity contribution in [2.75, 3.05) is 13.2 Å². The van der Waals surface area contributed by atoms with Gasteiger partial charge in [-0.15, -0.1) is 0 Å². The first-order chi connectivity index (χ1) is 8.31. The molecule has 0 radical (unpaired) electrons. The van der Waals surface area contributed by atoms with Crippen LogP contribution in [0.3, 0.4) is 0 Å². The molecule has 2 N–H and O–H groups in total. The second-order valence-electron chi connectivity index (χ2n) is 3.29. The lowest BCUT2D eigenvalue weighted by molar-refractivity contribution is 0.0936. The normalized spacial score (nSPS) is 10.2. The fraction of sp³-hybridized carbons (Fsp3) is 0.182. The molecule has 0 aliphatic heterocycles. The molecule has 0 aliphatic carbocycles. The number of hydrogen-bond acceptors (Lipinski definition) is 5. The van der Waals surface area contributed by atoms with Crippen LogP contribution < -0.4 is 5.32 Å². The average Bonchev–Trinajstić information content (AvgIpc) is 2.86. The van der Waals surface area contributed by atoms with E-state index in [-0.39, 0.29) is 24.8 Å². The Hall–Kier alpha value is -2.21. The van der Waals surface area contributed by atoms with E-state index in [0.29, 0.717) is 5.76 Å². The molecular weight excluding hydrogens is 222 g/mol. The van der Waals surface area contributed by atoms with Crippen LogP contribution in [0.1, 0.15) is 10.5 Å². The maximum absolute atomic E-state index is 11.5. The standard InChI is InChI=1S/C11H11N3O3/c15-6-5-13-11(16)9-7-10(17-14-9)8-1-3-12-4-2-8/h1-4,7,15H,5-6H2,(H,13,16). The topological polar surface area (TPSA) is 88.2 Å². The number of carbonyl (C=O) groups excluding carboxylic acids is 1. The Labute approximate surface area is 97.3 Å². The summed E-state index contributed by atoms with van der Waals surface area (Å²) in [7, 11) is 0. The number of carbonyl (C=O) groups is 1. The molecule has 6 nitrogen and oxygen atoms in total. The summed E-state index contributed by atoms with van der Waals surface area (Å²) in [6.07, 6.45) is 3.26. The van der Waals surface area contributed by atoms with E-state index in [9.17, 15) is 4.79 Å². The predicted molar refractivity (Wildman–Crippen MR) is 59.2 cm³/mol. The minimum absolute atomic E-state index is 0.110. The number of amides is 1. The monoisotopic (exact) mass is 233 g/mol. The molecule has 0 unspecified atom stereocenters. The Morgan fingerprint density at radius 1 is 1.41 bits per heavy atom. The zero-order chi connectivity index (χ0) is 12.1. The lowest BCUT2D eigenvalue weighted by Gasteiger charge is -1.97. The fourth-order valence-corrected chi connectivity index (χ4v) is 1.29. The van der Waals surface area contributed by atoms with Crippen molar-refractivity contribution in [1.29, 1.82) is 0 Å². The maximum atomic E-state index is 11.5. The van der Waals surface area contributed by atoms with Crippen molar-refractivity contribution in [2.24, 2.45) is 0 Å². The lowest BCUT2D eigenvalue weighted by atomic mass is 10.2. The summed E-state index contributed by atoms with van der Waals surface area (Å²) in [6.45, 7) is 0.0804. The van der Waals surface area contributed by atoms with Crippen LogP contribution in [0.25, 0.3) is 11.3 Å². The number of aromatic nitrogens is 2. The van der Waals surface area contributed by atoms with Crippen LogP contribution in [-0.2, 0) is 0 Å². The van der Waals surface area contributed by atoms with E-state index in [1.165, 1.54) is 0 Å². The Morgan fingerprint density at radius 2 is 2.18 bits per heavy atom. The predicted octanol–water partition coefficient (Wildman–Crippen LogP) is 0.459. The fourth-order valence-electron chi connectivity index (χ4n) is 1.29. The van der Waals surface area contributed by atoms with Gasteiger partial charge >= 0.3 is 0 Å². The summed E-state index contributed by atoms with van der Waals surface area (Å²) in [5, 5.41) is 14.7. The van der Waals surface area contributed by atoms with Gasteiger partial charge in [-0.3, -0.25) is 9.78 Å². The van der Waals surface area contributed by atoms with Crippen LogP contribution >= 0.6 is 0 Å². The zero-order valence-electron chi connectivity index (χ0n) is 8.96. The summed E-state index contributed by atoms with van der Waals surface area (Å²) in [5.74, 6) is 0.129. The number of rotatable bonds is 4. The molecule has 0 atom stereocenters. The van der Waals surface area contributed by atoms with Crippen LogP contribution in [0.2, 0.25) is 0 Å². The molecule has 1 amide bonds. The third kappa shape index (κ3) is 2.67. The van der Waals surface area contributed by atoms with Crippen molar-refractivity contribution in [3.8, 4) is 11.3 Å². The molecule has 0 spiro atoms. The molecule has 0 aliphatic rings. The molecule has 0 bridgehead atoms. The summed E-state index contributed by atoms with van der Waals surface area (Å²) in [5.41, 5.74) is 0.985. The van der Waals surface area contributed by atoms with E-state index >= 15 is 0 Å². The Kier molecular flexibility index (Phi) is 3.46. The van der Waals surface area contributed by atoms with Crippen molar-refractivity contribution in [2.45, 2.75) is 0 Å². The van der Waals surface area contributed by atoms with Gasteiger partial charge in [-0.2, -0.15) is 0 Å². The molecular formula is C11H11N3O3. The highest BCUT2D eigenvalue weighted by molar-refractivity contribution is 5.93. The highest BCUT2D eigenvalue weighted by Crippen LogP contribution is 2.18. The van der Waals surface area contributed by atoms with Gasteiger partial charge in [-0.1, -0.05) is 5.16 Å². The zero-order valence-corrected chi connectivity index (χ0v) is 8.96. The quantitative estimate of drug-likeness (QED) is 0.800. The van der Waals surface area contributed by atoms with Gasteiger partial charge in [0.25, 0.3) is 5.91 Å². The highest BCUT2D eigenvalue weighted by Gasteiger charge is 2.12. The Balaban J connectivity index is 2.14.